The van der Waals surface area contributed by atoms with E-state index in [0.717, 1.165) is 21.3 Å². The van der Waals surface area contributed by atoms with Gasteiger partial charge < -0.3 is 9.32 Å². The first-order chi connectivity index (χ1) is 14.5. The van der Waals surface area contributed by atoms with Crippen molar-refractivity contribution in [3.05, 3.63) is 101 Å². The fourth-order valence-corrected chi connectivity index (χ4v) is 5.20. The summed E-state index contributed by atoms with van der Waals surface area (Å²) in [7, 11) is 0. The third kappa shape index (κ3) is 2.42. The highest BCUT2D eigenvalue weighted by molar-refractivity contribution is 9.10. The van der Waals surface area contributed by atoms with Gasteiger partial charge in [-0.25, -0.2) is 0 Å². The fraction of sp³-hybridized carbons (Fsp3) is 0.111. The van der Waals surface area contributed by atoms with Gasteiger partial charge in [-0.05, 0) is 47.5 Å². The highest BCUT2D eigenvalue weighted by atomic mass is 79.9. The Morgan fingerprint density at radius 1 is 0.700 bits per heavy atom. The molecule has 0 N–H and O–H groups in total. The van der Waals surface area contributed by atoms with E-state index >= 15 is 0 Å². The molecule has 0 aliphatic carbocycles. The topological polar surface area (TPSA) is 16.4 Å². The molecule has 0 fully saturated rings. The highest BCUT2D eigenvalue weighted by Crippen LogP contribution is 2.53. The van der Waals surface area contributed by atoms with Crippen LogP contribution in [0.3, 0.4) is 0 Å². The Balaban J connectivity index is 1.73. The maximum atomic E-state index is 6.25. The molecule has 0 spiro atoms. The number of halogens is 1. The normalized spacial score (nSPS) is 14.7. The Labute approximate surface area is 183 Å². The molecule has 3 heteroatoms. The van der Waals surface area contributed by atoms with E-state index in [9.17, 15) is 0 Å². The Hall–Kier alpha value is -3.04. The molecule has 146 valence electrons. The van der Waals surface area contributed by atoms with Crippen LogP contribution in [-0.4, -0.2) is 0 Å². The molecule has 6 rings (SSSR count). The van der Waals surface area contributed by atoms with Crippen LogP contribution >= 0.6 is 15.9 Å². The molecule has 2 nitrogen and oxygen atoms in total. The highest BCUT2D eigenvalue weighted by Gasteiger charge is 2.37. The minimum atomic E-state index is -0.124. The van der Waals surface area contributed by atoms with Gasteiger partial charge in [0.25, 0.3) is 0 Å². The van der Waals surface area contributed by atoms with Crippen LogP contribution < -0.4 is 4.90 Å². The maximum Gasteiger partial charge on any atom is 0.137 e. The second-order valence-corrected chi connectivity index (χ2v) is 9.34. The second-order valence-electron chi connectivity index (χ2n) is 8.42. The van der Waals surface area contributed by atoms with E-state index in [1.54, 1.807) is 0 Å². The predicted molar refractivity (Wildman–Crippen MR) is 128 cm³/mol. The summed E-state index contributed by atoms with van der Waals surface area (Å²) >= 11 is 3.65. The average Bonchev–Trinajstić information content (AvgIpc) is 3.11. The van der Waals surface area contributed by atoms with E-state index in [1.807, 2.05) is 12.1 Å². The van der Waals surface area contributed by atoms with Crippen LogP contribution in [0.1, 0.15) is 25.0 Å². The van der Waals surface area contributed by atoms with Gasteiger partial charge in [0.1, 0.15) is 11.2 Å². The van der Waals surface area contributed by atoms with Gasteiger partial charge >= 0.3 is 0 Å². The van der Waals surface area contributed by atoms with Crippen molar-refractivity contribution in [3.63, 3.8) is 0 Å². The summed E-state index contributed by atoms with van der Waals surface area (Å²) in [5, 5.41) is 2.34. The van der Waals surface area contributed by atoms with Crippen molar-refractivity contribution in [3.8, 4) is 0 Å². The van der Waals surface area contributed by atoms with Crippen LogP contribution in [0, 0.1) is 0 Å². The number of nitrogens with zero attached hydrogens (tertiary/aromatic N) is 1. The van der Waals surface area contributed by atoms with Crippen molar-refractivity contribution in [1.82, 2.24) is 0 Å². The van der Waals surface area contributed by atoms with Crippen LogP contribution in [0.25, 0.3) is 21.9 Å². The Kier molecular flexibility index (Phi) is 3.69. The Morgan fingerprint density at radius 2 is 1.50 bits per heavy atom. The van der Waals surface area contributed by atoms with Crippen molar-refractivity contribution in [2.75, 3.05) is 4.90 Å². The molecule has 5 aromatic rings. The molecule has 2 heterocycles. The van der Waals surface area contributed by atoms with Gasteiger partial charge in [-0.2, -0.15) is 0 Å². The van der Waals surface area contributed by atoms with Gasteiger partial charge in [-0.3, -0.25) is 0 Å². The summed E-state index contributed by atoms with van der Waals surface area (Å²) in [5.74, 6) is 0. The fourth-order valence-electron chi connectivity index (χ4n) is 4.81. The van der Waals surface area contributed by atoms with Crippen molar-refractivity contribution in [1.29, 1.82) is 0 Å². The summed E-state index contributed by atoms with van der Waals surface area (Å²) in [6, 6.07) is 30.0. The molecule has 4 aromatic carbocycles. The molecule has 0 saturated carbocycles. The average molecular weight is 454 g/mol. The maximum absolute atomic E-state index is 6.25. The standard InChI is InChI=1S/C27H20BrNO/c1-27(2)21-11-4-5-12-23(21)29(18-9-7-8-17(28)14-18)24-16-26-20(15-22(24)27)19-10-3-6-13-25(19)30-26/h3-16H,1-2H3. The Bertz CT molecular complexity index is 1450. The van der Waals surface area contributed by atoms with Gasteiger partial charge in [0.15, 0.2) is 0 Å². The van der Waals surface area contributed by atoms with Gasteiger partial charge in [0, 0.05) is 32.4 Å². The largest absolute Gasteiger partial charge is 0.456 e. The summed E-state index contributed by atoms with van der Waals surface area (Å²) in [6.45, 7) is 4.63. The molecular weight excluding hydrogens is 434 g/mol. The van der Waals surface area contributed by atoms with E-state index < -0.39 is 0 Å². The lowest BCUT2D eigenvalue weighted by Crippen LogP contribution is -2.30. The summed E-state index contributed by atoms with van der Waals surface area (Å²) in [5.41, 5.74) is 7.87. The molecule has 0 atom stereocenters. The molecular formula is C27H20BrNO. The van der Waals surface area contributed by atoms with Crippen LogP contribution in [-0.2, 0) is 5.41 Å². The van der Waals surface area contributed by atoms with Gasteiger partial charge in [-0.1, -0.05) is 72.2 Å². The van der Waals surface area contributed by atoms with Crippen LogP contribution in [0.5, 0.6) is 0 Å². The monoisotopic (exact) mass is 453 g/mol. The van der Waals surface area contributed by atoms with Crippen LogP contribution in [0.2, 0.25) is 0 Å². The van der Waals surface area contributed by atoms with Crippen molar-refractivity contribution < 1.29 is 4.42 Å². The number of hydrogen-bond acceptors (Lipinski definition) is 2. The third-order valence-corrected chi connectivity index (χ3v) is 6.79. The van der Waals surface area contributed by atoms with E-state index in [2.05, 4.69) is 107 Å². The second kappa shape index (κ2) is 6.23. The summed E-state index contributed by atoms with van der Waals surface area (Å²) < 4.78 is 7.31. The first-order valence-corrected chi connectivity index (χ1v) is 10.9. The zero-order valence-electron chi connectivity index (χ0n) is 16.8. The number of hydrogen-bond donors (Lipinski definition) is 0. The zero-order valence-corrected chi connectivity index (χ0v) is 18.4. The lowest BCUT2D eigenvalue weighted by molar-refractivity contribution is 0.630. The SMILES string of the molecule is CC1(C)c2ccccc2N(c2cccc(Br)c2)c2cc3oc4ccccc4c3cc21. The lowest BCUT2D eigenvalue weighted by atomic mass is 9.73. The smallest absolute Gasteiger partial charge is 0.137 e. The van der Waals surface area contributed by atoms with Gasteiger partial charge in [0.05, 0.1) is 11.4 Å². The molecule has 0 bridgehead atoms. The third-order valence-electron chi connectivity index (χ3n) is 6.29. The van der Waals surface area contributed by atoms with E-state index in [-0.39, 0.29) is 5.41 Å². The first kappa shape index (κ1) is 17.8. The zero-order chi connectivity index (χ0) is 20.5. The number of benzene rings is 4. The summed E-state index contributed by atoms with van der Waals surface area (Å²) in [4.78, 5) is 2.35. The summed E-state index contributed by atoms with van der Waals surface area (Å²) in [6.07, 6.45) is 0. The molecule has 0 saturated heterocycles. The quantitative estimate of drug-likeness (QED) is 0.253. The van der Waals surface area contributed by atoms with E-state index in [4.69, 9.17) is 4.42 Å². The molecule has 0 radical (unpaired) electrons. The van der Waals surface area contributed by atoms with Crippen LogP contribution in [0.4, 0.5) is 17.1 Å². The lowest BCUT2D eigenvalue weighted by Gasteiger charge is -2.42. The minimum Gasteiger partial charge on any atom is -0.456 e. The van der Waals surface area contributed by atoms with E-state index in [0.29, 0.717) is 0 Å². The van der Waals surface area contributed by atoms with E-state index in [1.165, 1.54) is 33.3 Å². The Morgan fingerprint density at radius 3 is 2.37 bits per heavy atom. The molecule has 1 aliphatic heterocycles. The molecule has 30 heavy (non-hydrogen) atoms. The number of rotatable bonds is 1. The van der Waals surface area contributed by atoms with Gasteiger partial charge in [0.2, 0.25) is 0 Å². The molecule has 1 aliphatic rings. The minimum absolute atomic E-state index is 0.124. The number of furan rings is 1. The van der Waals surface area contributed by atoms with Crippen molar-refractivity contribution >= 4 is 54.9 Å². The molecule has 1 aromatic heterocycles. The molecule has 0 unspecified atom stereocenters. The number of anilines is 3. The van der Waals surface area contributed by atoms with Crippen LogP contribution in [0.15, 0.2) is 93.8 Å². The number of para-hydroxylation sites is 2. The first-order valence-electron chi connectivity index (χ1n) is 10.1. The van der Waals surface area contributed by atoms with Crippen molar-refractivity contribution in [2.45, 2.75) is 19.3 Å². The molecule has 0 amide bonds. The number of fused-ring (bicyclic) bond motifs is 5. The van der Waals surface area contributed by atoms with Crippen molar-refractivity contribution in [2.24, 2.45) is 0 Å². The predicted octanol–water partition coefficient (Wildman–Crippen LogP) is 8.46. The van der Waals surface area contributed by atoms with Gasteiger partial charge in [-0.15, -0.1) is 0 Å².